The molecule has 0 bridgehead atoms. The van der Waals surface area contributed by atoms with Crippen LogP contribution in [0.4, 0.5) is 5.69 Å². The van der Waals surface area contributed by atoms with Gasteiger partial charge in [0.25, 0.3) is 0 Å². The highest BCUT2D eigenvalue weighted by atomic mass is 79.9. The molecular formula is C11H12BrN3. The lowest BCUT2D eigenvalue weighted by atomic mass is 10.3. The zero-order chi connectivity index (χ0) is 11.0. The predicted molar refractivity (Wildman–Crippen MR) is 65.2 cm³/mol. The van der Waals surface area contributed by atoms with Crippen LogP contribution in [0.3, 0.4) is 0 Å². The summed E-state index contributed by atoms with van der Waals surface area (Å²) in [6.45, 7) is 4.00. The van der Waals surface area contributed by atoms with Gasteiger partial charge in [0.05, 0.1) is 11.4 Å². The Hall–Kier alpha value is -1.29. The third-order valence-electron chi connectivity index (χ3n) is 2.23. The van der Waals surface area contributed by atoms with Gasteiger partial charge in [0.2, 0.25) is 0 Å². The molecule has 1 aromatic carbocycles. The van der Waals surface area contributed by atoms with Crippen LogP contribution in [0, 0.1) is 13.8 Å². The molecule has 0 unspecified atom stereocenters. The first kappa shape index (κ1) is 10.2. The Bertz CT molecular complexity index is 503. The molecule has 1 aromatic heterocycles. The maximum absolute atomic E-state index is 5.83. The first-order chi connectivity index (χ1) is 7.08. The van der Waals surface area contributed by atoms with Crippen LogP contribution in [0.2, 0.25) is 0 Å². The minimum Gasteiger partial charge on any atom is -0.398 e. The second-order valence-electron chi connectivity index (χ2n) is 3.54. The van der Waals surface area contributed by atoms with Crippen molar-refractivity contribution in [3.63, 3.8) is 0 Å². The number of rotatable bonds is 1. The number of nitrogens with zero attached hydrogens (tertiary/aromatic N) is 2. The van der Waals surface area contributed by atoms with Crippen molar-refractivity contribution in [2.45, 2.75) is 13.8 Å². The van der Waals surface area contributed by atoms with E-state index in [1.54, 1.807) is 0 Å². The second kappa shape index (κ2) is 3.70. The van der Waals surface area contributed by atoms with E-state index in [1.165, 1.54) is 0 Å². The van der Waals surface area contributed by atoms with Crippen molar-refractivity contribution < 1.29 is 0 Å². The Morgan fingerprint density at radius 1 is 1.27 bits per heavy atom. The quantitative estimate of drug-likeness (QED) is 0.806. The molecule has 78 valence electrons. The molecule has 3 nitrogen and oxygen atoms in total. The van der Waals surface area contributed by atoms with Gasteiger partial charge in [0, 0.05) is 15.9 Å². The molecular weight excluding hydrogens is 254 g/mol. The van der Waals surface area contributed by atoms with E-state index in [4.69, 9.17) is 5.73 Å². The number of benzene rings is 1. The molecule has 0 saturated carbocycles. The van der Waals surface area contributed by atoms with Gasteiger partial charge >= 0.3 is 0 Å². The van der Waals surface area contributed by atoms with E-state index >= 15 is 0 Å². The zero-order valence-electron chi connectivity index (χ0n) is 8.66. The molecule has 0 amide bonds. The van der Waals surface area contributed by atoms with Crippen molar-refractivity contribution in [2.24, 2.45) is 0 Å². The average Bonchev–Trinajstić information content (AvgIpc) is 2.50. The van der Waals surface area contributed by atoms with Crippen LogP contribution >= 0.6 is 15.9 Å². The molecule has 0 atom stereocenters. The van der Waals surface area contributed by atoms with E-state index in [0.29, 0.717) is 0 Å². The molecule has 0 aliphatic heterocycles. The average molecular weight is 266 g/mol. The van der Waals surface area contributed by atoms with Gasteiger partial charge in [-0.05, 0) is 54.0 Å². The first-order valence-electron chi connectivity index (χ1n) is 4.66. The van der Waals surface area contributed by atoms with Crippen LogP contribution in [0.15, 0.2) is 28.7 Å². The summed E-state index contributed by atoms with van der Waals surface area (Å²) >= 11 is 3.37. The molecule has 2 rings (SSSR count). The van der Waals surface area contributed by atoms with Crippen molar-refractivity contribution in [1.29, 1.82) is 0 Å². The van der Waals surface area contributed by atoms with Gasteiger partial charge in [0.15, 0.2) is 0 Å². The second-order valence-corrected chi connectivity index (χ2v) is 4.40. The number of halogens is 1. The maximum atomic E-state index is 5.83. The lowest BCUT2D eigenvalue weighted by Gasteiger charge is -2.06. The molecule has 2 aromatic rings. The standard InChI is InChI=1S/C11H12BrN3/c1-7-5-8(2)15(14-7)9-3-4-10(12)11(13)6-9/h3-6H,13H2,1-2H3. The van der Waals surface area contributed by atoms with Crippen LogP contribution in [-0.4, -0.2) is 9.78 Å². The zero-order valence-corrected chi connectivity index (χ0v) is 10.2. The molecule has 0 aliphatic rings. The number of nitrogen functional groups attached to an aromatic ring is 1. The summed E-state index contributed by atoms with van der Waals surface area (Å²) in [5.74, 6) is 0. The monoisotopic (exact) mass is 265 g/mol. The molecule has 0 saturated heterocycles. The fourth-order valence-electron chi connectivity index (χ4n) is 1.55. The highest BCUT2D eigenvalue weighted by molar-refractivity contribution is 9.10. The van der Waals surface area contributed by atoms with E-state index < -0.39 is 0 Å². The summed E-state index contributed by atoms with van der Waals surface area (Å²) in [6, 6.07) is 7.86. The molecule has 15 heavy (non-hydrogen) atoms. The SMILES string of the molecule is Cc1cc(C)n(-c2ccc(Br)c(N)c2)n1. The van der Waals surface area contributed by atoms with Gasteiger partial charge < -0.3 is 5.73 Å². The summed E-state index contributed by atoms with van der Waals surface area (Å²) < 4.78 is 2.80. The fourth-order valence-corrected chi connectivity index (χ4v) is 1.80. The van der Waals surface area contributed by atoms with Crippen molar-refractivity contribution >= 4 is 21.6 Å². The van der Waals surface area contributed by atoms with E-state index in [2.05, 4.69) is 21.0 Å². The molecule has 4 heteroatoms. The van der Waals surface area contributed by atoms with E-state index in [9.17, 15) is 0 Å². The van der Waals surface area contributed by atoms with Crippen LogP contribution in [-0.2, 0) is 0 Å². The van der Waals surface area contributed by atoms with E-state index in [1.807, 2.05) is 42.8 Å². The van der Waals surface area contributed by atoms with Gasteiger partial charge in [-0.15, -0.1) is 0 Å². The number of aromatic nitrogens is 2. The van der Waals surface area contributed by atoms with Gasteiger partial charge in [-0.2, -0.15) is 5.10 Å². The molecule has 0 fully saturated rings. The lowest BCUT2D eigenvalue weighted by Crippen LogP contribution is -2.00. The highest BCUT2D eigenvalue weighted by Crippen LogP contribution is 2.22. The highest BCUT2D eigenvalue weighted by Gasteiger charge is 2.04. The van der Waals surface area contributed by atoms with E-state index in [0.717, 1.165) is 27.2 Å². The summed E-state index contributed by atoms with van der Waals surface area (Å²) in [7, 11) is 0. The smallest absolute Gasteiger partial charge is 0.0670 e. The van der Waals surface area contributed by atoms with Crippen LogP contribution in [0.5, 0.6) is 0 Å². The first-order valence-corrected chi connectivity index (χ1v) is 5.46. The van der Waals surface area contributed by atoms with Crippen LogP contribution < -0.4 is 5.73 Å². The van der Waals surface area contributed by atoms with E-state index in [-0.39, 0.29) is 0 Å². The van der Waals surface area contributed by atoms with Crippen molar-refractivity contribution in [2.75, 3.05) is 5.73 Å². The summed E-state index contributed by atoms with van der Waals surface area (Å²) in [5, 5.41) is 4.40. The number of hydrogen-bond donors (Lipinski definition) is 1. The Labute approximate surface area is 97.0 Å². The Morgan fingerprint density at radius 2 is 2.00 bits per heavy atom. The number of aryl methyl sites for hydroxylation is 2. The van der Waals surface area contributed by atoms with Gasteiger partial charge in [-0.3, -0.25) is 0 Å². The molecule has 1 heterocycles. The number of hydrogen-bond acceptors (Lipinski definition) is 2. The Morgan fingerprint density at radius 3 is 2.53 bits per heavy atom. The third kappa shape index (κ3) is 1.90. The van der Waals surface area contributed by atoms with Crippen molar-refractivity contribution in [3.05, 3.63) is 40.1 Å². The fraction of sp³-hybridized carbons (Fsp3) is 0.182. The summed E-state index contributed by atoms with van der Waals surface area (Å²) in [6.07, 6.45) is 0. The molecule has 2 N–H and O–H groups in total. The Balaban J connectivity index is 2.54. The normalized spacial score (nSPS) is 10.6. The van der Waals surface area contributed by atoms with Gasteiger partial charge in [-0.25, -0.2) is 4.68 Å². The minimum atomic E-state index is 0.722. The Kier molecular flexibility index (Phi) is 2.52. The minimum absolute atomic E-state index is 0.722. The molecule has 0 spiro atoms. The number of anilines is 1. The van der Waals surface area contributed by atoms with Gasteiger partial charge in [-0.1, -0.05) is 0 Å². The van der Waals surface area contributed by atoms with Crippen LogP contribution in [0.25, 0.3) is 5.69 Å². The largest absolute Gasteiger partial charge is 0.398 e. The maximum Gasteiger partial charge on any atom is 0.0670 e. The van der Waals surface area contributed by atoms with Crippen molar-refractivity contribution in [1.82, 2.24) is 9.78 Å². The topological polar surface area (TPSA) is 43.8 Å². The molecule has 0 radical (unpaired) electrons. The molecule has 0 aliphatic carbocycles. The lowest BCUT2D eigenvalue weighted by molar-refractivity contribution is 0.834. The van der Waals surface area contributed by atoms with Crippen LogP contribution in [0.1, 0.15) is 11.4 Å². The summed E-state index contributed by atoms with van der Waals surface area (Å²) in [5.41, 5.74) is 9.65. The number of nitrogens with two attached hydrogens (primary N) is 1. The third-order valence-corrected chi connectivity index (χ3v) is 2.96. The summed E-state index contributed by atoms with van der Waals surface area (Å²) in [4.78, 5) is 0. The van der Waals surface area contributed by atoms with Crippen molar-refractivity contribution in [3.8, 4) is 5.69 Å². The predicted octanol–water partition coefficient (Wildman–Crippen LogP) is 2.83. The van der Waals surface area contributed by atoms with Gasteiger partial charge in [0.1, 0.15) is 0 Å².